The van der Waals surface area contributed by atoms with Gasteiger partial charge in [0.25, 0.3) is 0 Å². The molecule has 0 atom stereocenters. The lowest BCUT2D eigenvalue weighted by Crippen LogP contribution is -2.00. The lowest BCUT2D eigenvalue weighted by molar-refractivity contribution is 0.104. The van der Waals surface area contributed by atoms with Gasteiger partial charge < -0.3 is 0 Å². The lowest BCUT2D eigenvalue weighted by atomic mass is 10.0. The van der Waals surface area contributed by atoms with Crippen molar-refractivity contribution in [2.45, 2.75) is 6.92 Å². The van der Waals surface area contributed by atoms with E-state index in [4.69, 9.17) is 23.2 Å². The molecule has 0 saturated carbocycles. The Kier molecular flexibility index (Phi) is 3.33. The van der Waals surface area contributed by atoms with Gasteiger partial charge in [-0.2, -0.15) is 0 Å². The van der Waals surface area contributed by atoms with Crippen LogP contribution in [-0.4, -0.2) is 5.78 Å². The van der Waals surface area contributed by atoms with E-state index < -0.39 is 0 Å². The Morgan fingerprint density at radius 2 is 1.94 bits per heavy atom. The van der Waals surface area contributed by atoms with Crippen LogP contribution in [0.1, 0.15) is 20.8 Å². The average Bonchev–Trinajstić information content (AvgIpc) is 2.64. The highest BCUT2D eigenvalue weighted by molar-refractivity contribution is 7.18. The van der Waals surface area contributed by atoms with Crippen molar-refractivity contribution in [3.8, 4) is 0 Å². The Balaban J connectivity index is 2.41. The van der Waals surface area contributed by atoms with Gasteiger partial charge in [-0.05, 0) is 42.8 Å². The van der Waals surface area contributed by atoms with E-state index in [1.807, 2.05) is 6.92 Å². The standard InChI is InChI=1S/C12H8Cl2OS/c1-7-6-8(13)2-3-9(7)12(15)10-4-5-11(14)16-10/h2-6H,1H3. The first kappa shape index (κ1) is 11.6. The summed E-state index contributed by atoms with van der Waals surface area (Å²) in [6.45, 7) is 1.87. The summed E-state index contributed by atoms with van der Waals surface area (Å²) < 4.78 is 0.620. The van der Waals surface area contributed by atoms with E-state index in [-0.39, 0.29) is 5.78 Å². The molecule has 2 rings (SSSR count). The number of thiophene rings is 1. The van der Waals surface area contributed by atoms with Crippen LogP contribution in [0.2, 0.25) is 9.36 Å². The highest BCUT2D eigenvalue weighted by Crippen LogP contribution is 2.25. The monoisotopic (exact) mass is 270 g/mol. The normalized spacial score (nSPS) is 10.4. The van der Waals surface area contributed by atoms with E-state index >= 15 is 0 Å². The van der Waals surface area contributed by atoms with Crippen LogP contribution < -0.4 is 0 Å². The second kappa shape index (κ2) is 4.58. The number of rotatable bonds is 2. The number of carbonyl (C=O) groups is 1. The fraction of sp³-hybridized carbons (Fsp3) is 0.0833. The van der Waals surface area contributed by atoms with Crippen molar-refractivity contribution < 1.29 is 4.79 Å². The topological polar surface area (TPSA) is 17.1 Å². The Bertz CT molecular complexity index is 546. The van der Waals surface area contributed by atoms with Crippen molar-refractivity contribution in [1.29, 1.82) is 0 Å². The summed E-state index contributed by atoms with van der Waals surface area (Å²) in [5.74, 6) is -0.00827. The van der Waals surface area contributed by atoms with E-state index in [2.05, 4.69) is 0 Å². The summed E-state index contributed by atoms with van der Waals surface area (Å²) in [5.41, 5.74) is 1.55. The second-order valence-electron chi connectivity index (χ2n) is 3.39. The van der Waals surface area contributed by atoms with Gasteiger partial charge in [0, 0.05) is 10.6 Å². The van der Waals surface area contributed by atoms with E-state index in [0.717, 1.165) is 5.56 Å². The van der Waals surface area contributed by atoms with Crippen molar-refractivity contribution in [1.82, 2.24) is 0 Å². The SMILES string of the molecule is Cc1cc(Cl)ccc1C(=O)c1ccc(Cl)s1. The minimum absolute atomic E-state index is 0.00827. The molecule has 0 N–H and O–H groups in total. The molecule has 0 saturated heterocycles. The molecule has 0 spiro atoms. The van der Waals surface area contributed by atoms with Crippen LogP contribution in [0, 0.1) is 6.92 Å². The van der Waals surface area contributed by atoms with Crippen molar-refractivity contribution in [2.24, 2.45) is 0 Å². The molecule has 0 amide bonds. The molecule has 0 aliphatic rings. The molecule has 82 valence electrons. The van der Waals surface area contributed by atoms with E-state index in [1.54, 1.807) is 30.3 Å². The number of hydrogen-bond acceptors (Lipinski definition) is 2. The first-order valence-corrected chi connectivity index (χ1v) is 6.21. The molecule has 0 aliphatic heterocycles. The van der Waals surface area contributed by atoms with Gasteiger partial charge in [-0.3, -0.25) is 4.79 Å². The van der Waals surface area contributed by atoms with Crippen LogP contribution in [0.15, 0.2) is 30.3 Å². The van der Waals surface area contributed by atoms with Gasteiger partial charge in [0.05, 0.1) is 9.21 Å². The Labute approximate surface area is 108 Å². The van der Waals surface area contributed by atoms with Crippen molar-refractivity contribution in [3.05, 3.63) is 55.7 Å². The quantitative estimate of drug-likeness (QED) is 0.730. The molecule has 2 aromatic rings. The Morgan fingerprint density at radius 3 is 2.50 bits per heavy atom. The van der Waals surface area contributed by atoms with Crippen LogP contribution in [0.25, 0.3) is 0 Å². The summed E-state index contributed by atoms with van der Waals surface area (Å²) in [4.78, 5) is 12.7. The van der Waals surface area contributed by atoms with E-state index in [0.29, 0.717) is 19.8 Å². The molecule has 1 heterocycles. The number of ketones is 1. The third-order valence-corrected chi connectivity index (χ3v) is 3.70. The predicted octanol–water partition coefficient (Wildman–Crippen LogP) is 4.59. The maximum absolute atomic E-state index is 12.1. The number of halogens is 2. The summed E-state index contributed by atoms with van der Waals surface area (Å²) in [5, 5.41) is 0.637. The largest absolute Gasteiger partial charge is 0.288 e. The zero-order valence-electron chi connectivity index (χ0n) is 8.46. The molecule has 0 bridgehead atoms. The highest BCUT2D eigenvalue weighted by Gasteiger charge is 2.13. The third kappa shape index (κ3) is 2.29. The maximum atomic E-state index is 12.1. The first-order chi connectivity index (χ1) is 7.58. The minimum Gasteiger partial charge on any atom is -0.288 e. The smallest absolute Gasteiger partial charge is 0.203 e. The number of aryl methyl sites for hydroxylation is 1. The van der Waals surface area contributed by atoms with Crippen molar-refractivity contribution in [2.75, 3.05) is 0 Å². The van der Waals surface area contributed by atoms with Gasteiger partial charge in [0.15, 0.2) is 0 Å². The summed E-state index contributed by atoms with van der Waals surface area (Å²) in [6, 6.07) is 8.71. The Morgan fingerprint density at radius 1 is 1.19 bits per heavy atom. The fourth-order valence-electron chi connectivity index (χ4n) is 1.45. The highest BCUT2D eigenvalue weighted by atomic mass is 35.5. The zero-order valence-corrected chi connectivity index (χ0v) is 10.8. The molecule has 0 radical (unpaired) electrons. The lowest BCUT2D eigenvalue weighted by Gasteiger charge is -2.03. The number of hydrogen-bond donors (Lipinski definition) is 0. The summed E-state index contributed by atoms with van der Waals surface area (Å²) in [7, 11) is 0. The van der Waals surface area contributed by atoms with Crippen molar-refractivity contribution in [3.63, 3.8) is 0 Å². The summed E-state index contributed by atoms with van der Waals surface area (Å²) >= 11 is 12.9. The molecule has 1 aromatic carbocycles. The average molecular weight is 271 g/mol. The molecule has 0 aliphatic carbocycles. The fourth-order valence-corrected chi connectivity index (χ4v) is 2.67. The first-order valence-electron chi connectivity index (χ1n) is 4.64. The molecule has 4 heteroatoms. The van der Waals surface area contributed by atoms with Crippen LogP contribution in [0.5, 0.6) is 0 Å². The number of carbonyl (C=O) groups excluding carboxylic acids is 1. The van der Waals surface area contributed by atoms with Crippen LogP contribution in [0.4, 0.5) is 0 Å². The molecule has 0 unspecified atom stereocenters. The zero-order chi connectivity index (χ0) is 11.7. The molecular weight excluding hydrogens is 263 g/mol. The van der Waals surface area contributed by atoms with E-state index in [1.165, 1.54) is 11.3 Å². The second-order valence-corrected chi connectivity index (χ2v) is 5.54. The van der Waals surface area contributed by atoms with Crippen LogP contribution in [-0.2, 0) is 0 Å². The molecule has 1 aromatic heterocycles. The van der Waals surface area contributed by atoms with Crippen LogP contribution in [0.3, 0.4) is 0 Å². The van der Waals surface area contributed by atoms with Crippen LogP contribution >= 0.6 is 34.5 Å². The van der Waals surface area contributed by atoms with E-state index in [9.17, 15) is 4.79 Å². The Hall–Kier alpha value is -0.830. The summed E-state index contributed by atoms with van der Waals surface area (Å²) in [6.07, 6.45) is 0. The molecular formula is C12H8Cl2OS. The van der Waals surface area contributed by atoms with Crippen molar-refractivity contribution >= 4 is 40.3 Å². The maximum Gasteiger partial charge on any atom is 0.203 e. The van der Waals surface area contributed by atoms with Gasteiger partial charge in [-0.15, -0.1) is 11.3 Å². The number of benzene rings is 1. The van der Waals surface area contributed by atoms with Gasteiger partial charge in [-0.1, -0.05) is 23.2 Å². The van der Waals surface area contributed by atoms with Gasteiger partial charge in [-0.25, -0.2) is 0 Å². The molecule has 1 nitrogen and oxygen atoms in total. The minimum atomic E-state index is -0.00827. The molecule has 16 heavy (non-hydrogen) atoms. The molecule has 0 fully saturated rings. The van der Waals surface area contributed by atoms with Gasteiger partial charge in [0.2, 0.25) is 5.78 Å². The van der Waals surface area contributed by atoms with Gasteiger partial charge in [0.1, 0.15) is 0 Å². The predicted molar refractivity (Wildman–Crippen MR) is 69.0 cm³/mol. The van der Waals surface area contributed by atoms with Gasteiger partial charge >= 0.3 is 0 Å². The third-order valence-electron chi connectivity index (χ3n) is 2.23.